The van der Waals surface area contributed by atoms with E-state index in [1.165, 1.54) is 56.5 Å². The molecule has 1 fully saturated rings. The van der Waals surface area contributed by atoms with E-state index in [0.717, 1.165) is 0.111 Å². The molecule has 0 saturated carbocycles. The molecule has 0 amide bonds. The normalized spacial score (nSPS) is 17.1. The predicted octanol–water partition coefficient (Wildman–Crippen LogP) is 11.3. The molecule has 0 aliphatic carbocycles. The molecule has 0 radical (unpaired) electrons. The van der Waals surface area contributed by atoms with Crippen LogP contribution in [0.15, 0.2) is 0 Å². The second-order valence-electron chi connectivity index (χ2n) is 10.8. The Kier molecular flexibility index (Phi) is 18.7. The summed E-state index contributed by atoms with van der Waals surface area (Å²) in [4.78, 5) is 0. The van der Waals surface area contributed by atoms with Crippen molar-refractivity contribution in [2.75, 3.05) is 11.5 Å². The van der Waals surface area contributed by atoms with Crippen molar-refractivity contribution in [1.29, 1.82) is 0 Å². The van der Waals surface area contributed by atoms with Crippen molar-refractivity contribution < 1.29 is 0 Å². The Labute approximate surface area is 221 Å². The summed E-state index contributed by atoms with van der Waals surface area (Å²) in [5.74, 6) is 3.03. The van der Waals surface area contributed by atoms with E-state index in [1.54, 1.807) is 65.1 Å². The molecule has 192 valence electrons. The zero-order valence-corrected chi connectivity index (χ0v) is 30.5. The van der Waals surface area contributed by atoms with Gasteiger partial charge in [0, 0.05) is 0 Å². The molecule has 0 N–H and O–H groups in total. The first-order valence-corrected chi connectivity index (χ1v) is 31.8. The van der Waals surface area contributed by atoms with E-state index < -0.39 is 36.8 Å². The van der Waals surface area contributed by atoms with Gasteiger partial charge in [-0.1, -0.05) is 0 Å². The van der Waals surface area contributed by atoms with Crippen LogP contribution in [0.25, 0.3) is 0 Å². The van der Waals surface area contributed by atoms with Gasteiger partial charge in [0.2, 0.25) is 0 Å². The van der Waals surface area contributed by atoms with Crippen LogP contribution >= 0.6 is 23.5 Å². The Balaban J connectivity index is 3.70. The van der Waals surface area contributed by atoms with Gasteiger partial charge in [-0.25, -0.2) is 0 Å². The molecular formula is C28H60S2Sn2. The molecule has 1 aliphatic rings. The molecule has 1 aliphatic heterocycles. The molecule has 0 unspecified atom stereocenters. The van der Waals surface area contributed by atoms with Gasteiger partial charge in [0.25, 0.3) is 0 Å². The van der Waals surface area contributed by atoms with Crippen molar-refractivity contribution in [2.45, 2.75) is 152 Å². The maximum absolute atomic E-state index is 2.68. The Morgan fingerprint density at radius 2 is 0.719 bits per heavy atom. The predicted molar refractivity (Wildman–Crippen MR) is 162 cm³/mol. The molecule has 0 aromatic heterocycles. The fourth-order valence-corrected chi connectivity index (χ4v) is 98.8. The van der Waals surface area contributed by atoms with E-state index in [2.05, 4.69) is 65.1 Å². The van der Waals surface area contributed by atoms with Crippen LogP contribution in [0.5, 0.6) is 0 Å². The third-order valence-electron chi connectivity index (χ3n) is 8.35. The second-order valence-corrected chi connectivity index (χ2v) is 49.4. The number of unbranched alkanes of at least 4 members (excludes halogenated alkanes) is 6. The molecule has 0 aromatic rings. The van der Waals surface area contributed by atoms with E-state index in [1.807, 2.05) is 0 Å². The molecular weight excluding hydrogens is 638 g/mol. The molecule has 4 heteroatoms. The first kappa shape index (κ1) is 32.3. The Morgan fingerprint density at radius 3 is 0.938 bits per heavy atom. The van der Waals surface area contributed by atoms with Crippen LogP contribution in [-0.2, 0) is 0 Å². The molecule has 1 rings (SSSR count). The molecule has 0 spiro atoms. The second kappa shape index (κ2) is 18.5. The molecule has 0 aromatic carbocycles. The van der Waals surface area contributed by atoms with Gasteiger partial charge in [-0.05, 0) is 0 Å². The summed E-state index contributed by atoms with van der Waals surface area (Å²) in [6.07, 6.45) is 19.5. The minimum absolute atomic E-state index is 0.862. The van der Waals surface area contributed by atoms with Crippen molar-refractivity contribution >= 4 is 60.3 Å². The van der Waals surface area contributed by atoms with Gasteiger partial charge < -0.3 is 0 Å². The number of hydrogen-bond donors (Lipinski definition) is 0. The van der Waals surface area contributed by atoms with Crippen molar-refractivity contribution in [2.24, 2.45) is 0 Å². The van der Waals surface area contributed by atoms with Gasteiger partial charge in [0.1, 0.15) is 0 Å². The van der Waals surface area contributed by atoms with Crippen LogP contribution < -0.4 is 0 Å². The summed E-state index contributed by atoms with van der Waals surface area (Å²) in [5.41, 5.74) is 0. The summed E-state index contributed by atoms with van der Waals surface area (Å²) >= 11 is 0.563. The van der Waals surface area contributed by atoms with Crippen LogP contribution in [0, 0.1) is 0 Å². The van der Waals surface area contributed by atoms with E-state index in [9.17, 15) is 0 Å². The fourth-order valence-electron chi connectivity index (χ4n) is 6.54. The topological polar surface area (TPSA) is 0 Å². The van der Waals surface area contributed by atoms with Crippen LogP contribution in [0.2, 0.25) is 26.6 Å². The van der Waals surface area contributed by atoms with Gasteiger partial charge in [0.05, 0.1) is 0 Å². The standard InChI is InChI=1S/C4H6S2.6C4H9.2Sn/c1-2-5-4-6-3-1;6*1-3-4-2;;/h1-3H2;6*1,3-4H2,2H3;;. The van der Waals surface area contributed by atoms with Gasteiger partial charge in [-0.2, -0.15) is 0 Å². The molecule has 1 heterocycles. The number of rotatable bonds is 20. The maximum atomic E-state index is 2.68. The molecule has 0 nitrogen and oxygen atoms in total. The summed E-state index contributed by atoms with van der Waals surface area (Å²) in [5, 5.41) is 0. The Hall–Kier alpha value is 2.30. The average Bonchev–Trinajstić information content (AvgIpc) is 2.84. The third kappa shape index (κ3) is 8.70. The van der Waals surface area contributed by atoms with E-state index in [0.29, 0.717) is 0 Å². The Bertz CT molecular complexity index is 371. The van der Waals surface area contributed by atoms with Gasteiger partial charge in [0.15, 0.2) is 0 Å². The monoisotopic (exact) mass is 700 g/mol. The summed E-state index contributed by atoms with van der Waals surface area (Å²) < 4.78 is 11.3. The van der Waals surface area contributed by atoms with Crippen LogP contribution in [0.1, 0.15) is 125 Å². The molecule has 0 bridgehead atoms. The Morgan fingerprint density at radius 1 is 0.469 bits per heavy atom. The van der Waals surface area contributed by atoms with Crippen LogP contribution in [0.3, 0.4) is 0 Å². The van der Waals surface area contributed by atoms with E-state index in [-0.39, 0.29) is 0 Å². The van der Waals surface area contributed by atoms with Crippen LogP contribution in [-0.4, -0.2) is 48.4 Å². The minimum atomic E-state index is -2.40. The first-order chi connectivity index (χ1) is 15.6. The zero-order chi connectivity index (χ0) is 23.8. The van der Waals surface area contributed by atoms with Crippen molar-refractivity contribution in [3.63, 3.8) is 0 Å². The zero-order valence-electron chi connectivity index (χ0n) is 23.2. The van der Waals surface area contributed by atoms with Gasteiger partial charge in [-0.3, -0.25) is 0 Å². The number of thioether (sulfide) groups is 2. The first-order valence-electron chi connectivity index (χ1n) is 14.8. The quantitative estimate of drug-likeness (QED) is 0.116. The van der Waals surface area contributed by atoms with Crippen molar-refractivity contribution in [3.8, 4) is 0 Å². The van der Waals surface area contributed by atoms with Crippen molar-refractivity contribution in [3.05, 3.63) is 0 Å². The van der Waals surface area contributed by atoms with Crippen LogP contribution in [0.4, 0.5) is 0 Å². The average molecular weight is 698 g/mol. The molecule has 0 atom stereocenters. The third-order valence-corrected chi connectivity index (χ3v) is 78.1. The summed E-state index contributed by atoms with van der Waals surface area (Å²) in [7, 11) is 0. The van der Waals surface area contributed by atoms with Gasteiger partial charge >= 0.3 is 224 Å². The van der Waals surface area contributed by atoms with E-state index >= 15 is 0 Å². The molecule has 32 heavy (non-hydrogen) atoms. The summed E-state index contributed by atoms with van der Waals surface area (Å²) in [6, 6.07) is 0. The molecule has 1 saturated heterocycles. The fraction of sp³-hybridized carbons (Fsp3) is 1.00. The summed E-state index contributed by atoms with van der Waals surface area (Å²) in [6.45, 7) is 14.9. The van der Waals surface area contributed by atoms with Gasteiger partial charge in [-0.15, -0.1) is 0 Å². The van der Waals surface area contributed by atoms with E-state index in [4.69, 9.17) is 0 Å². The van der Waals surface area contributed by atoms with Crippen molar-refractivity contribution in [1.82, 2.24) is 0 Å². The number of hydrogen-bond acceptors (Lipinski definition) is 2. The SMILES string of the molecule is CCC[CH2][Sn]([CH2]CCC)([CH2]CCC)[C]1([Sn]([CH2]CCC)([CH2]CCC)[CH2]CCC)SCCCS1.